The van der Waals surface area contributed by atoms with Gasteiger partial charge in [-0.3, -0.25) is 4.90 Å². The number of aliphatic hydroxyl groups is 2. The van der Waals surface area contributed by atoms with Crippen molar-refractivity contribution in [2.45, 2.75) is 165 Å². The number of aryl methyl sites for hydroxylation is 6. The van der Waals surface area contributed by atoms with Crippen molar-refractivity contribution >= 4 is 82.1 Å². The Labute approximate surface area is 405 Å². The highest BCUT2D eigenvalue weighted by Crippen LogP contribution is 2.42. The van der Waals surface area contributed by atoms with Gasteiger partial charge in [0.25, 0.3) is 0 Å². The first-order valence-electron chi connectivity index (χ1n) is 25.2. The standard InChI is InChI=1S/C21H24N4S.C16H21N3OS.C15H19N3OS/c1-2-5-15(6-3-1)13-25-11-9-16(10-12-25)24-20-19-17-7-4-8-18(17)26-21(19)23-14-22-20;20-11-7-5-10(6-8-11)19-15-14-12-3-1-2-4-13(12)21-16(14)18-9-17-15;19-10-6-4-9(5-7-10)18-14-13-11-2-1-3-12(11)20-15(13)17-8-16-14/h1-3,5-6,14,16H,4,7-13H2,(H,22,23,24);9-11,20H,1-8H2,(H,17,18,19);8-10,19H,1-7H2,(H,16,17,18). The molecule has 0 radical (unpaired) electrons. The molecule has 0 atom stereocenters. The summed E-state index contributed by atoms with van der Waals surface area (Å²) in [4.78, 5) is 37.6. The van der Waals surface area contributed by atoms with E-state index in [2.05, 4.69) is 81.1 Å². The molecule has 1 saturated heterocycles. The molecule has 7 heterocycles. The molecule has 0 bridgehead atoms. The number of fused-ring (bicyclic) bond motifs is 9. The van der Waals surface area contributed by atoms with E-state index in [1.165, 1.54) is 130 Å². The second-order valence-corrected chi connectivity index (χ2v) is 22.9. The molecule has 5 N–H and O–H groups in total. The summed E-state index contributed by atoms with van der Waals surface area (Å²) in [5.74, 6) is 3.09. The summed E-state index contributed by atoms with van der Waals surface area (Å²) in [5.41, 5.74) is 5.88. The summed E-state index contributed by atoms with van der Waals surface area (Å²) in [7, 11) is 0. The fraction of sp³-hybridized carbons (Fsp3) is 0.538. The van der Waals surface area contributed by atoms with E-state index in [9.17, 15) is 10.2 Å². The average Bonchev–Trinajstić information content (AvgIpc) is 4.20. The van der Waals surface area contributed by atoms with Crippen LogP contribution in [0.2, 0.25) is 0 Å². The maximum absolute atomic E-state index is 9.64. The maximum atomic E-state index is 9.64. The van der Waals surface area contributed by atoms with Gasteiger partial charge >= 0.3 is 0 Å². The van der Waals surface area contributed by atoms with Gasteiger partial charge in [-0.15, -0.1) is 34.0 Å². The van der Waals surface area contributed by atoms with Crippen molar-refractivity contribution in [2.75, 3.05) is 29.0 Å². The minimum absolute atomic E-state index is 0.108. The Balaban J connectivity index is 0.000000112. The zero-order valence-corrected chi connectivity index (χ0v) is 41.0. The predicted octanol–water partition coefficient (Wildman–Crippen LogP) is 10.4. The van der Waals surface area contributed by atoms with Crippen LogP contribution in [0.5, 0.6) is 0 Å². The van der Waals surface area contributed by atoms with Crippen LogP contribution in [0.25, 0.3) is 30.6 Å². The summed E-state index contributed by atoms with van der Waals surface area (Å²) < 4.78 is 0. The largest absolute Gasteiger partial charge is 0.393 e. The number of nitrogens with zero attached hydrogens (tertiary/aromatic N) is 7. The molecular formula is C52H64N10O2S3. The Kier molecular flexibility index (Phi) is 13.9. The lowest BCUT2D eigenvalue weighted by Gasteiger charge is -2.32. The van der Waals surface area contributed by atoms with Crippen LogP contribution in [0.1, 0.15) is 127 Å². The van der Waals surface area contributed by atoms with E-state index in [4.69, 9.17) is 0 Å². The van der Waals surface area contributed by atoms with Crippen LogP contribution < -0.4 is 16.0 Å². The quantitative estimate of drug-likeness (QED) is 0.0984. The van der Waals surface area contributed by atoms with E-state index in [1.54, 1.807) is 19.0 Å². The third-order valence-electron chi connectivity index (χ3n) is 15.0. The molecular weight excluding hydrogens is 893 g/mol. The first-order chi connectivity index (χ1) is 33.0. The lowest BCUT2D eigenvalue weighted by molar-refractivity contribution is 0.125. The van der Waals surface area contributed by atoms with E-state index in [-0.39, 0.29) is 12.2 Å². The summed E-state index contributed by atoms with van der Waals surface area (Å²) in [6.07, 6.45) is 27.2. The third-order valence-corrected chi connectivity index (χ3v) is 18.6. The van der Waals surface area contributed by atoms with Crippen molar-refractivity contribution in [3.63, 3.8) is 0 Å². The zero-order valence-electron chi connectivity index (χ0n) is 38.5. The van der Waals surface area contributed by atoms with Gasteiger partial charge in [0, 0.05) is 52.4 Å². The van der Waals surface area contributed by atoms with Crippen LogP contribution >= 0.6 is 34.0 Å². The molecule has 15 heteroatoms. The average molecular weight is 957 g/mol. The van der Waals surface area contributed by atoms with Crippen molar-refractivity contribution in [3.8, 4) is 0 Å². The van der Waals surface area contributed by atoms with E-state index in [0.717, 1.165) is 103 Å². The molecule has 5 aliphatic carbocycles. The van der Waals surface area contributed by atoms with Crippen molar-refractivity contribution in [1.82, 2.24) is 34.8 Å². The molecule has 67 heavy (non-hydrogen) atoms. The molecule has 7 aromatic rings. The molecule has 1 aromatic carbocycles. The van der Waals surface area contributed by atoms with E-state index in [0.29, 0.717) is 18.1 Å². The highest BCUT2D eigenvalue weighted by Gasteiger charge is 2.27. The van der Waals surface area contributed by atoms with Gasteiger partial charge in [-0.05, 0) is 151 Å². The topological polar surface area (TPSA) is 157 Å². The fourth-order valence-corrected chi connectivity index (χ4v) is 15.1. The fourth-order valence-electron chi connectivity index (χ4n) is 11.4. The predicted molar refractivity (Wildman–Crippen MR) is 275 cm³/mol. The highest BCUT2D eigenvalue weighted by atomic mass is 32.1. The smallest absolute Gasteiger partial charge is 0.138 e. The third kappa shape index (κ3) is 10.2. The van der Waals surface area contributed by atoms with Gasteiger partial charge < -0.3 is 26.2 Å². The van der Waals surface area contributed by atoms with Gasteiger partial charge in [-0.2, -0.15) is 0 Å². The number of rotatable bonds is 8. The first kappa shape index (κ1) is 45.1. The molecule has 0 amide bonds. The van der Waals surface area contributed by atoms with Gasteiger partial charge in [0.1, 0.15) is 50.9 Å². The molecule has 12 nitrogen and oxygen atoms in total. The van der Waals surface area contributed by atoms with E-state index >= 15 is 0 Å². The Hall–Kier alpha value is -4.38. The Morgan fingerprint density at radius 3 is 1.30 bits per heavy atom. The second kappa shape index (κ2) is 20.7. The van der Waals surface area contributed by atoms with Crippen LogP contribution in [0.4, 0.5) is 17.5 Å². The van der Waals surface area contributed by atoms with Crippen LogP contribution in [-0.4, -0.2) is 88.4 Å². The monoisotopic (exact) mass is 956 g/mol. The highest BCUT2D eigenvalue weighted by molar-refractivity contribution is 7.19. The zero-order chi connectivity index (χ0) is 45.1. The summed E-state index contributed by atoms with van der Waals surface area (Å²) in [6, 6.07) is 12.2. The number of benzene rings is 1. The van der Waals surface area contributed by atoms with Crippen LogP contribution in [-0.2, 0) is 45.1 Å². The van der Waals surface area contributed by atoms with Crippen molar-refractivity contribution < 1.29 is 10.2 Å². The summed E-state index contributed by atoms with van der Waals surface area (Å²) in [6.45, 7) is 3.34. The minimum Gasteiger partial charge on any atom is -0.393 e. The minimum atomic E-state index is -0.109. The summed E-state index contributed by atoms with van der Waals surface area (Å²) >= 11 is 5.54. The van der Waals surface area contributed by atoms with Crippen LogP contribution in [0, 0.1) is 0 Å². The van der Waals surface area contributed by atoms with Gasteiger partial charge in [0.15, 0.2) is 0 Å². The number of piperidine rings is 1. The van der Waals surface area contributed by atoms with Crippen molar-refractivity contribution in [1.29, 1.82) is 0 Å². The Morgan fingerprint density at radius 1 is 0.463 bits per heavy atom. The Morgan fingerprint density at radius 2 is 0.851 bits per heavy atom. The molecule has 2 saturated carbocycles. The lowest BCUT2D eigenvalue weighted by atomic mass is 9.93. The number of anilines is 3. The van der Waals surface area contributed by atoms with Crippen LogP contribution in [0.3, 0.4) is 0 Å². The van der Waals surface area contributed by atoms with Gasteiger partial charge in [0.05, 0.1) is 28.4 Å². The lowest BCUT2D eigenvalue weighted by Crippen LogP contribution is -2.38. The number of nitrogens with one attached hydrogen (secondary N) is 3. The molecule has 6 aromatic heterocycles. The van der Waals surface area contributed by atoms with E-state index in [1.807, 2.05) is 34.0 Å². The number of hydrogen-bond donors (Lipinski definition) is 5. The molecule has 3 fully saturated rings. The number of aliphatic hydroxyl groups excluding tert-OH is 2. The first-order valence-corrected chi connectivity index (χ1v) is 27.6. The number of hydrogen-bond acceptors (Lipinski definition) is 15. The van der Waals surface area contributed by atoms with E-state index < -0.39 is 0 Å². The summed E-state index contributed by atoms with van der Waals surface area (Å²) in [5, 5.41) is 34.1. The van der Waals surface area contributed by atoms with Crippen molar-refractivity contribution in [3.05, 3.63) is 86.2 Å². The Bertz CT molecular complexity index is 2770. The van der Waals surface area contributed by atoms with Gasteiger partial charge in [-0.1, -0.05) is 30.3 Å². The second-order valence-electron chi connectivity index (χ2n) is 19.6. The van der Waals surface area contributed by atoms with Gasteiger partial charge in [-0.25, -0.2) is 29.9 Å². The normalized spacial score (nSPS) is 22.9. The molecule has 1 aliphatic heterocycles. The number of aromatic nitrogens is 6. The molecule has 13 rings (SSSR count). The molecule has 0 spiro atoms. The number of likely N-dealkylation sites (tertiary alicyclic amines) is 1. The van der Waals surface area contributed by atoms with Crippen LogP contribution in [0.15, 0.2) is 49.3 Å². The van der Waals surface area contributed by atoms with Crippen molar-refractivity contribution in [2.24, 2.45) is 0 Å². The maximum Gasteiger partial charge on any atom is 0.138 e. The molecule has 352 valence electrons. The number of thiophene rings is 3. The molecule has 0 unspecified atom stereocenters. The SMILES string of the molecule is OC1CCC(Nc2ncnc3sc4c(c23)CCC4)CC1.OC1CCC(Nc2ncnc3sc4c(c23)CCCC4)CC1.c1ccc(CN2CCC(Nc3ncnc4sc5c(c34)CCC5)CC2)cc1. The van der Waals surface area contributed by atoms with Gasteiger partial charge in [0.2, 0.25) is 0 Å². The molecule has 6 aliphatic rings.